The summed E-state index contributed by atoms with van der Waals surface area (Å²) in [7, 11) is -3.60. The lowest BCUT2D eigenvalue weighted by atomic mass is 10.2. The normalized spacial score (nSPS) is 11.6. The van der Waals surface area contributed by atoms with Crippen LogP contribution in [0.5, 0.6) is 0 Å². The van der Waals surface area contributed by atoms with Crippen LogP contribution in [0.2, 0.25) is 0 Å². The van der Waals surface area contributed by atoms with Gasteiger partial charge in [-0.3, -0.25) is 0 Å². The lowest BCUT2D eigenvalue weighted by Crippen LogP contribution is -2.13. The first kappa shape index (κ1) is 9.70. The second-order valence-corrected chi connectivity index (χ2v) is 4.75. The van der Waals surface area contributed by atoms with Crippen molar-refractivity contribution in [1.29, 1.82) is 0 Å². The number of benzene rings is 1. The molecule has 0 aromatic heterocycles. The van der Waals surface area contributed by atoms with E-state index in [2.05, 4.69) is 15.9 Å². The average molecular weight is 250 g/mol. The van der Waals surface area contributed by atoms with Crippen LogP contribution in [-0.4, -0.2) is 8.42 Å². The topological polar surface area (TPSA) is 60.2 Å². The Balaban J connectivity index is 3.47. The Kier molecular flexibility index (Phi) is 2.55. The monoisotopic (exact) mass is 249 g/mol. The summed E-state index contributed by atoms with van der Waals surface area (Å²) in [6, 6.07) is 4.92. The second-order valence-electron chi connectivity index (χ2n) is 2.43. The number of hydrogen-bond acceptors (Lipinski definition) is 2. The van der Waals surface area contributed by atoms with E-state index >= 15 is 0 Å². The molecule has 12 heavy (non-hydrogen) atoms. The van der Waals surface area contributed by atoms with Crippen LogP contribution < -0.4 is 5.14 Å². The summed E-state index contributed by atoms with van der Waals surface area (Å²) in [5, 5.41) is 4.97. The molecular weight excluding hydrogens is 242 g/mol. The lowest BCUT2D eigenvalue weighted by Gasteiger charge is -2.03. The van der Waals surface area contributed by atoms with E-state index in [1.807, 2.05) is 0 Å². The van der Waals surface area contributed by atoms with Crippen molar-refractivity contribution >= 4 is 26.0 Å². The third kappa shape index (κ3) is 1.85. The Morgan fingerprint density at radius 1 is 1.42 bits per heavy atom. The minimum Gasteiger partial charge on any atom is -0.225 e. The predicted octanol–water partition coefficient (Wildman–Crippen LogP) is 1.40. The Labute approximate surface area is 79.8 Å². The number of halogens is 1. The van der Waals surface area contributed by atoms with Crippen molar-refractivity contribution in [2.45, 2.75) is 11.8 Å². The highest BCUT2D eigenvalue weighted by Crippen LogP contribution is 2.23. The molecule has 0 atom stereocenters. The van der Waals surface area contributed by atoms with Gasteiger partial charge in [0.1, 0.15) is 0 Å². The van der Waals surface area contributed by atoms with Crippen LogP contribution in [0.1, 0.15) is 5.56 Å². The Hall–Kier alpha value is -0.390. The highest BCUT2D eigenvalue weighted by atomic mass is 79.9. The first-order valence-corrected chi connectivity index (χ1v) is 5.55. The Bertz CT molecular complexity index is 400. The highest BCUT2D eigenvalue weighted by Gasteiger charge is 2.12. The van der Waals surface area contributed by atoms with Crippen LogP contribution in [-0.2, 0) is 10.0 Å². The predicted molar refractivity (Wildman–Crippen MR) is 50.3 cm³/mol. The maximum absolute atomic E-state index is 11.0. The molecule has 0 radical (unpaired) electrons. The van der Waals surface area contributed by atoms with Crippen molar-refractivity contribution in [2.75, 3.05) is 0 Å². The standard InChI is InChI=1S/C7H8BrNO2S/c1-5-3-2-4-6(7(5)8)12(9,10)11/h2-4H,1H3,(H2,9,10,11). The van der Waals surface area contributed by atoms with Gasteiger partial charge in [-0.1, -0.05) is 12.1 Å². The van der Waals surface area contributed by atoms with E-state index < -0.39 is 10.0 Å². The molecule has 3 nitrogen and oxygen atoms in total. The number of sulfonamides is 1. The van der Waals surface area contributed by atoms with Gasteiger partial charge in [-0.25, -0.2) is 13.6 Å². The van der Waals surface area contributed by atoms with Crippen LogP contribution in [0.15, 0.2) is 27.6 Å². The molecule has 0 aliphatic heterocycles. The summed E-state index contributed by atoms with van der Waals surface area (Å²) in [6.07, 6.45) is 0. The van der Waals surface area contributed by atoms with Gasteiger partial charge in [0, 0.05) is 4.47 Å². The van der Waals surface area contributed by atoms with Crippen LogP contribution >= 0.6 is 15.9 Å². The number of nitrogens with two attached hydrogens (primary N) is 1. The van der Waals surface area contributed by atoms with Gasteiger partial charge < -0.3 is 0 Å². The molecule has 1 aromatic rings. The van der Waals surface area contributed by atoms with Gasteiger partial charge in [0.2, 0.25) is 10.0 Å². The molecule has 0 amide bonds. The quantitative estimate of drug-likeness (QED) is 0.819. The molecule has 0 aliphatic rings. The van der Waals surface area contributed by atoms with Crippen LogP contribution in [0, 0.1) is 6.92 Å². The van der Waals surface area contributed by atoms with Gasteiger partial charge in [-0.15, -0.1) is 0 Å². The molecule has 1 rings (SSSR count). The molecule has 0 saturated carbocycles. The van der Waals surface area contributed by atoms with E-state index in [-0.39, 0.29) is 4.90 Å². The summed E-state index contributed by atoms with van der Waals surface area (Å²) < 4.78 is 22.4. The number of aryl methyl sites for hydroxylation is 1. The van der Waals surface area contributed by atoms with E-state index in [1.165, 1.54) is 6.07 Å². The van der Waals surface area contributed by atoms with Crippen molar-refractivity contribution in [3.05, 3.63) is 28.2 Å². The minimum atomic E-state index is -3.60. The summed E-state index contributed by atoms with van der Waals surface area (Å²) >= 11 is 3.16. The van der Waals surface area contributed by atoms with Crippen molar-refractivity contribution in [2.24, 2.45) is 5.14 Å². The fraction of sp³-hybridized carbons (Fsp3) is 0.143. The fourth-order valence-electron chi connectivity index (χ4n) is 0.840. The zero-order valence-electron chi connectivity index (χ0n) is 6.41. The van der Waals surface area contributed by atoms with E-state index in [1.54, 1.807) is 19.1 Å². The summed E-state index contributed by atoms with van der Waals surface area (Å²) in [4.78, 5) is 0.127. The largest absolute Gasteiger partial charge is 0.239 e. The molecule has 0 fully saturated rings. The van der Waals surface area contributed by atoms with Gasteiger partial charge in [-0.05, 0) is 34.5 Å². The Morgan fingerprint density at radius 3 is 2.42 bits per heavy atom. The number of hydrogen-bond donors (Lipinski definition) is 1. The van der Waals surface area contributed by atoms with Crippen molar-refractivity contribution in [3.8, 4) is 0 Å². The zero-order valence-corrected chi connectivity index (χ0v) is 8.81. The molecule has 0 unspecified atom stereocenters. The minimum absolute atomic E-state index is 0.127. The van der Waals surface area contributed by atoms with E-state index in [9.17, 15) is 8.42 Å². The number of primary sulfonamides is 1. The molecule has 1 aromatic carbocycles. The van der Waals surface area contributed by atoms with E-state index in [4.69, 9.17) is 5.14 Å². The average Bonchev–Trinajstić information content (AvgIpc) is 1.92. The molecule has 0 heterocycles. The first-order chi connectivity index (χ1) is 5.43. The van der Waals surface area contributed by atoms with Crippen LogP contribution in [0.25, 0.3) is 0 Å². The van der Waals surface area contributed by atoms with Gasteiger partial charge >= 0.3 is 0 Å². The highest BCUT2D eigenvalue weighted by molar-refractivity contribution is 9.10. The van der Waals surface area contributed by atoms with Crippen LogP contribution in [0.3, 0.4) is 0 Å². The van der Waals surface area contributed by atoms with E-state index in [0.717, 1.165) is 5.56 Å². The molecule has 0 saturated heterocycles. The Morgan fingerprint density at radius 2 is 2.00 bits per heavy atom. The first-order valence-electron chi connectivity index (χ1n) is 3.21. The molecule has 0 aliphatic carbocycles. The van der Waals surface area contributed by atoms with E-state index in [0.29, 0.717) is 4.47 Å². The smallest absolute Gasteiger partial charge is 0.225 e. The summed E-state index contributed by atoms with van der Waals surface area (Å²) in [6.45, 7) is 1.80. The maximum atomic E-state index is 11.0. The lowest BCUT2D eigenvalue weighted by molar-refractivity contribution is 0.597. The third-order valence-electron chi connectivity index (χ3n) is 1.46. The van der Waals surface area contributed by atoms with Crippen molar-refractivity contribution in [1.82, 2.24) is 0 Å². The maximum Gasteiger partial charge on any atom is 0.239 e. The van der Waals surface area contributed by atoms with Gasteiger partial charge in [0.15, 0.2) is 0 Å². The molecule has 66 valence electrons. The number of rotatable bonds is 1. The van der Waals surface area contributed by atoms with Crippen molar-refractivity contribution in [3.63, 3.8) is 0 Å². The third-order valence-corrected chi connectivity index (χ3v) is 3.73. The fourth-order valence-corrected chi connectivity index (χ4v) is 2.46. The van der Waals surface area contributed by atoms with Gasteiger partial charge in [-0.2, -0.15) is 0 Å². The van der Waals surface area contributed by atoms with Crippen molar-refractivity contribution < 1.29 is 8.42 Å². The summed E-state index contributed by atoms with van der Waals surface area (Å²) in [5.41, 5.74) is 0.849. The summed E-state index contributed by atoms with van der Waals surface area (Å²) in [5.74, 6) is 0. The SMILES string of the molecule is Cc1cccc(S(N)(=O)=O)c1Br. The van der Waals surface area contributed by atoms with Gasteiger partial charge in [0.25, 0.3) is 0 Å². The molecule has 0 bridgehead atoms. The van der Waals surface area contributed by atoms with Crippen LogP contribution in [0.4, 0.5) is 0 Å². The molecule has 0 spiro atoms. The molecule has 2 N–H and O–H groups in total. The molecule has 5 heteroatoms. The molecular formula is C7H8BrNO2S. The van der Waals surface area contributed by atoms with Gasteiger partial charge in [0.05, 0.1) is 4.90 Å². The zero-order chi connectivity index (χ0) is 9.35. The second kappa shape index (κ2) is 3.16.